The van der Waals surface area contributed by atoms with E-state index in [0.717, 1.165) is 5.56 Å². The molecule has 8 nitrogen and oxygen atoms in total. The van der Waals surface area contributed by atoms with Crippen molar-refractivity contribution < 1.29 is 29.6 Å². The number of aliphatic hydroxyl groups is 1. The third-order valence-electron chi connectivity index (χ3n) is 4.12. The first-order chi connectivity index (χ1) is 14.6. The molecule has 0 aliphatic carbocycles. The third kappa shape index (κ3) is 7.29. The van der Waals surface area contributed by atoms with E-state index in [1.807, 2.05) is 31.2 Å². The minimum atomic E-state index is -1.82. The van der Waals surface area contributed by atoms with Gasteiger partial charge in [-0.15, -0.1) is 0 Å². The summed E-state index contributed by atoms with van der Waals surface area (Å²) in [5, 5.41) is 27.0. The van der Waals surface area contributed by atoms with E-state index in [1.54, 1.807) is 41.5 Å². The average molecular weight is 467 g/mol. The van der Waals surface area contributed by atoms with E-state index in [2.05, 4.69) is 4.98 Å². The predicted octanol–water partition coefficient (Wildman–Crippen LogP) is 3.62. The van der Waals surface area contributed by atoms with Gasteiger partial charge in [0.1, 0.15) is 18.0 Å². The summed E-state index contributed by atoms with van der Waals surface area (Å²) in [6, 6.07) is 12.7. The lowest BCUT2D eigenvalue weighted by molar-refractivity contribution is -0.159. The zero-order valence-electron chi connectivity index (χ0n) is 16.4. The van der Waals surface area contributed by atoms with Crippen LogP contribution in [0, 0.1) is 6.92 Å². The van der Waals surface area contributed by atoms with Crippen molar-refractivity contribution in [1.29, 1.82) is 0 Å². The molecule has 3 aromatic rings. The molecule has 0 saturated heterocycles. The highest BCUT2D eigenvalue weighted by Gasteiger charge is 2.33. The zero-order valence-corrected chi connectivity index (χ0v) is 17.9. The lowest BCUT2D eigenvalue weighted by atomic mass is 9.94. The van der Waals surface area contributed by atoms with E-state index >= 15 is 0 Å². The number of imidazole rings is 1. The van der Waals surface area contributed by atoms with E-state index in [0.29, 0.717) is 21.4 Å². The van der Waals surface area contributed by atoms with Gasteiger partial charge in [0.2, 0.25) is 0 Å². The highest BCUT2D eigenvalue weighted by Crippen LogP contribution is 2.32. The Morgan fingerprint density at radius 1 is 1.10 bits per heavy atom. The largest absolute Gasteiger partial charge is 0.490 e. The molecule has 3 N–H and O–H groups in total. The van der Waals surface area contributed by atoms with Crippen molar-refractivity contribution in [1.82, 2.24) is 9.55 Å². The summed E-state index contributed by atoms with van der Waals surface area (Å²) in [5.41, 5.74) is 0.355. The monoisotopic (exact) mass is 466 g/mol. The maximum Gasteiger partial charge on any atom is 0.414 e. The Morgan fingerprint density at radius 2 is 1.74 bits per heavy atom. The van der Waals surface area contributed by atoms with Crippen molar-refractivity contribution >= 4 is 35.1 Å². The highest BCUT2D eigenvalue weighted by molar-refractivity contribution is 6.35. The van der Waals surface area contributed by atoms with Crippen LogP contribution in [0.5, 0.6) is 5.75 Å². The molecule has 1 heterocycles. The van der Waals surface area contributed by atoms with Crippen molar-refractivity contribution in [2.45, 2.75) is 19.1 Å². The van der Waals surface area contributed by atoms with Gasteiger partial charge in [0.15, 0.2) is 0 Å². The summed E-state index contributed by atoms with van der Waals surface area (Å²) in [5.74, 6) is -2.97. The maximum atomic E-state index is 11.3. The van der Waals surface area contributed by atoms with Gasteiger partial charge in [0.25, 0.3) is 0 Å². The smallest absolute Gasteiger partial charge is 0.414 e. The molecule has 1 atom stereocenters. The van der Waals surface area contributed by atoms with Crippen LogP contribution in [0.25, 0.3) is 0 Å². The Morgan fingerprint density at radius 3 is 2.26 bits per heavy atom. The molecule has 2 aromatic carbocycles. The van der Waals surface area contributed by atoms with Gasteiger partial charge >= 0.3 is 11.9 Å². The number of carboxylic acid groups (broad SMARTS) is 2. The van der Waals surface area contributed by atoms with Crippen LogP contribution in [0.3, 0.4) is 0 Å². The maximum absolute atomic E-state index is 11.3. The number of hydrogen-bond donors (Lipinski definition) is 3. The summed E-state index contributed by atoms with van der Waals surface area (Å²) < 4.78 is 7.62. The fourth-order valence-corrected chi connectivity index (χ4v) is 3.18. The molecule has 1 aromatic heterocycles. The number of carboxylic acids is 2. The quantitative estimate of drug-likeness (QED) is 0.474. The van der Waals surface area contributed by atoms with Gasteiger partial charge in [-0.2, -0.15) is 0 Å². The molecule has 0 spiro atoms. The van der Waals surface area contributed by atoms with Crippen LogP contribution in [-0.2, 0) is 21.7 Å². The van der Waals surface area contributed by atoms with Gasteiger partial charge in [-0.05, 0) is 31.2 Å². The van der Waals surface area contributed by atoms with E-state index in [-0.39, 0.29) is 13.2 Å². The van der Waals surface area contributed by atoms with Crippen molar-refractivity contribution in [3.8, 4) is 5.75 Å². The topological polar surface area (TPSA) is 122 Å². The van der Waals surface area contributed by atoms with Gasteiger partial charge in [0.05, 0.1) is 12.9 Å². The minimum Gasteiger partial charge on any atom is -0.490 e. The van der Waals surface area contributed by atoms with Crippen LogP contribution >= 0.6 is 23.2 Å². The Kier molecular flexibility index (Phi) is 8.44. The van der Waals surface area contributed by atoms with Crippen molar-refractivity contribution in [2.75, 3.05) is 6.61 Å². The van der Waals surface area contributed by atoms with Gasteiger partial charge in [-0.25, -0.2) is 14.6 Å². The number of nitrogens with zero attached hydrogens (tertiary/aromatic N) is 2. The van der Waals surface area contributed by atoms with E-state index in [9.17, 15) is 5.11 Å². The Balaban J connectivity index is 0.000000501. The molecular formula is C21H20Cl2N2O6. The molecular weight excluding hydrogens is 447 g/mol. The molecule has 10 heteroatoms. The Hall–Kier alpha value is -3.07. The molecule has 0 saturated carbocycles. The van der Waals surface area contributed by atoms with Gasteiger partial charge < -0.3 is 24.6 Å². The third-order valence-corrected chi connectivity index (χ3v) is 4.67. The number of aryl methyl sites for hydroxylation is 1. The first-order valence-corrected chi connectivity index (χ1v) is 9.65. The number of hydrogen-bond acceptors (Lipinski definition) is 5. The number of carbonyl (C=O) groups is 2. The number of halogens is 2. The first-order valence-electron chi connectivity index (χ1n) is 8.90. The van der Waals surface area contributed by atoms with Gasteiger partial charge in [-0.3, -0.25) is 0 Å². The molecule has 164 valence electrons. The number of aromatic nitrogens is 2. The average Bonchev–Trinajstić information content (AvgIpc) is 3.20. The van der Waals surface area contributed by atoms with Crippen molar-refractivity contribution in [2.24, 2.45) is 0 Å². The van der Waals surface area contributed by atoms with Gasteiger partial charge in [0, 0.05) is 28.0 Å². The molecule has 0 aliphatic rings. The fourth-order valence-electron chi connectivity index (χ4n) is 2.59. The second-order valence-corrected chi connectivity index (χ2v) is 7.45. The van der Waals surface area contributed by atoms with Crippen LogP contribution in [0.15, 0.2) is 61.2 Å². The normalized spacial score (nSPS) is 12.3. The van der Waals surface area contributed by atoms with Crippen LogP contribution in [0.1, 0.15) is 11.1 Å². The summed E-state index contributed by atoms with van der Waals surface area (Å²) >= 11 is 12.3. The lowest BCUT2D eigenvalue weighted by Crippen LogP contribution is -2.38. The number of aliphatic carboxylic acids is 2. The van der Waals surface area contributed by atoms with Crippen molar-refractivity contribution in [3.05, 3.63) is 82.4 Å². The summed E-state index contributed by atoms with van der Waals surface area (Å²) in [6.07, 6.45) is 5.08. The first kappa shape index (κ1) is 24.2. The molecule has 3 rings (SSSR count). The molecule has 0 fully saturated rings. The molecule has 0 bridgehead atoms. The molecule has 0 radical (unpaired) electrons. The SMILES string of the molecule is Cc1ccc(OCC(O)(Cn2ccnc2)c2ccc(Cl)cc2Cl)cc1.O=C(O)C(=O)O. The molecule has 1 unspecified atom stereocenters. The number of benzene rings is 2. The molecule has 0 aliphatic heterocycles. The van der Waals surface area contributed by atoms with E-state index < -0.39 is 17.5 Å². The molecule has 0 amide bonds. The van der Waals surface area contributed by atoms with Crippen LogP contribution in [0.4, 0.5) is 0 Å². The van der Waals surface area contributed by atoms with Crippen molar-refractivity contribution in [3.63, 3.8) is 0 Å². The lowest BCUT2D eigenvalue weighted by Gasteiger charge is -2.30. The number of ether oxygens (including phenoxy) is 1. The van der Waals surface area contributed by atoms with Crippen LogP contribution < -0.4 is 4.74 Å². The standard InChI is InChI=1S/C19H18Cl2N2O2.C2H2O4/c1-14-2-5-16(6-3-14)25-12-19(24,11-23-9-8-22-13-23)17-7-4-15(20)10-18(17)21;3-1(4)2(5)6/h2-10,13,24H,11-12H2,1H3;(H,3,4)(H,5,6). The van der Waals surface area contributed by atoms with Gasteiger partial charge in [-0.1, -0.05) is 47.0 Å². The Labute approximate surface area is 188 Å². The highest BCUT2D eigenvalue weighted by atomic mass is 35.5. The van der Waals surface area contributed by atoms with Crippen LogP contribution in [0.2, 0.25) is 10.0 Å². The van der Waals surface area contributed by atoms with E-state index in [4.69, 9.17) is 47.7 Å². The number of rotatable bonds is 6. The minimum absolute atomic E-state index is 0.0373. The zero-order chi connectivity index (χ0) is 23.0. The second-order valence-electron chi connectivity index (χ2n) is 6.60. The second kappa shape index (κ2) is 10.8. The predicted molar refractivity (Wildman–Crippen MR) is 115 cm³/mol. The summed E-state index contributed by atoms with van der Waals surface area (Å²) in [4.78, 5) is 22.2. The summed E-state index contributed by atoms with van der Waals surface area (Å²) in [6.45, 7) is 2.29. The van der Waals surface area contributed by atoms with E-state index in [1.165, 1.54) is 0 Å². The Bertz CT molecular complexity index is 1010. The fraction of sp³-hybridized carbons (Fsp3) is 0.190. The summed E-state index contributed by atoms with van der Waals surface area (Å²) in [7, 11) is 0. The molecule has 31 heavy (non-hydrogen) atoms. The van der Waals surface area contributed by atoms with Crippen LogP contribution in [-0.4, -0.2) is 43.4 Å².